The lowest BCUT2D eigenvalue weighted by Gasteiger charge is -2.19. The van der Waals surface area contributed by atoms with E-state index < -0.39 is 0 Å². The zero-order valence-electron chi connectivity index (χ0n) is 14.6. The third-order valence-corrected chi connectivity index (χ3v) is 3.74. The van der Waals surface area contributed by atoms with E-state index in [1.807, 2.05) is 0 Å². The van der Waals surface area contributed by atoms with Crippen LogP contribution in [0, 0.1) is 0 Å². The summed E-state index contributed by atoms with van der Waals surface area (Å²) in [5.41, 5.74) is 1.30. The first-order valence-corrected chi connectivity index (χ1v) is 8.78. The molecule has 0 fully saturated rings. The topological polar surface area (TPSA) is 29.9 Å². The zero-order chi connectivity index (χ0) is 15.6. The van der Waals surface area contributed by atoms with E-state index in [-0.39, 0.29) is 5.54 Å². The summed E-state index contributed by atoms with van der Waals surface area (Å²) in [5, 5.41) is 8.10. The van der Waals surface area contributed by atoms with Crippen molar-refractivity contribution in [2.24, 2.45) is 0 Å². The minimum atomic E-state index is 0.154. The summed E-state index contributed by atoms with van der Waals surface area (Å²) in [7, 11) is 0. The van der Waals surface area contributed by atoms with Gasteiger partial charge in [-0.25, -0.2) is 0 Å². The van der Waals surface area contributed by atoms with Crippen molar-refractivity contribution in [3.05, 3.63) is 18.0 Å². The van der Waals surface area contributed by atoms with Crippen molar-refractivity contribution in [1.82, 2.24) is 15.1 Å². The van der Waals surface area contributed by atoms with E-state index in [1.54, 1.807) is 0 Å². The molecule has 0 bridgehead atoms. The molecule has 1 aromatic heterocycles. The van der Waals surface area contributed by atoms with Crippen LogP contribution in [0.2, 0.25) is 0 Å². The van der Waals surface area contributed by atoms with Crippen LogP contribution in [0.5, 0.6) is 0 Å². The second-order valence-corrected chi connectivity index (χ2v) is 7.15. The van der Waals surface area contributed by atoms with Crippen molar-refractivity contribution in [2.45, 2.75) is 97.7 Å². The summed E-state index contributed by atoms with van der Waals surface area (Å²) < 4.78 is 2.09. The number of hydrogen-bond donors (Lipinski definition) is 1. The van der Waals surface area contributed by atoms with Gasteiger partial charge in [-0.3, -0.25) is 4.68 Å². The summed E-state index contributed by atoms with van der Waals surface area (Å²) in [6.07, 6.45) is 13.1. The van der Waals surface area contributed by atoms with Gasteiger partial charge in [0.25, 0.3) is 0 Å². The van der Waals surface area contributed by atoms with Gasteiger partial charge in [-0.05, 0) is 33.3 Å². The lowest BCUT2D eigenvalue weighted by Crippen LogP contribution is -2.35. The quantitative estimate of drug-likeness (QED) is 0.587. The lowest BCUT2D eigenvalue weighted by atomic mass is 10.1. The highest BCUT2D eigenvalue weighted by Crippen LogP contribution is 2.09. The van der Waals surface area contributed by atoms with Crippen LogP contribution >= 0.6 is 0 Å². The number of hydrogen-bond acceptors (Lipinski definition) is 2. The van der Waals surface area contributed by atoms with Gasteiger partial charge in [0.15, 0.2) is 0 Å². The predicted octanol–water partition coefficient (Wildman–Crippen LogP) is 4.91. The Kier molecular flexibility index (Phi) is 8.67. The smallest absolute Gasteiger partial charge is 0.0762 e. The van der Waals surface area contributed by atoms with Gasteiger partial charge < -0.3 is 5.32 Å². The Balaban J connectivity index is 2.06. The molecule has 3 heteroatoms. The minimum absolute atomic E-state index is 0.154. The van der Waals surface area contributed by atoms with Gasteiger partial charge in [-0.2, -0.15) is 5.10 Å². The molecule has 0 spiro atoms. The molecule has 0 saturated carbocycles. The lowest BCUT2D eigenvalue weighted by molar-refractivity contribution is 0.418. The molecule has 0 saturated heterocycles. The zero-order valence-corrected chi connectivity index (χ0v) is 14.6. The molecule has 0 unspecified atom stereocenters. The molecule has 3 nitrogen and oxygen atoms in total. The highest BCUT2D eigenvalue weighted by molar-refractivity contribution is 4.99. The van der Waals surface area contributed by atoms with Crippen LogP contribution in [0.1, 0.15) is 84.8 Å². The maximum atomic E-state index is 4.63. The number of unbranched alkanes of at least 4 members (excludes halogenated alkanes) is 7. The average molecular weight is 293 g/mol. The van der Waals surface area contributed by atoms with Crippen LogP contribution in [0.3, 0.4) is 0 Å². The molecule has 0 amide bonds. The summed E-state index contributed by atoms with van der Waals surface area (Å²) in [6.45, 7) is 10.7. The van der Waals surface area contributed by atoms with E-state index >= 15 is 0 Å². The predicted molar refractivity (Wildman–Crippen MR) is 91.4 cm³/mol. The van der Waals surface area contributed by atoms with E-state index in [0.29, 0.717) is 0 Å². The van der Waals surface area contributed by atoms with E-state index in [0.717, 1.165) is 18.8 Å². The molecule has 0 aliphatic heterocycles. The Labute approximate surface area is 131 Å². The second-order valence-electron chi connectivity index (χ2n) is 7.15. The molecule has 21 heavy (non-hydrogen) atoms. The number of nitrogens with zero attached hydrogens (tertiary/aromatic N) is 2. The van der Waals surface area contributed by atoms with Crippen molar-refractivity contribution in [3.8, 4) is 0 Å². The fourth-order valence-corrected chi connectivity index (χ4v) is 2.39. The summed E-state index contributed by atoms with van der Waals surface area (Å²) >= 11 is 0. The summed E-state index contributed by atoms with van der Waals surface area (Å²) in [6, 6.07) is 2.13. The van der Waals surface area contributed by atoms with E-state index in [1.165, 1.54) is 51.4 Å². The van der Waals surface area contributed by atoms with Crippen molar-refractivity contribution >= 4 is 0 Å². The van der Waals surface area contributed by atoms with Crippen molar-refractivity contribution in [3.63, 3.8) is 0 Å². The fraction of sp³-hybridized carbons (Fsp3) is 0.833. The molecule has 0 atom stereocenters. The Morgan fingerprint density at radius 2 is 1.62 bits per heavy atom. The maximum absolute atomic E-state index is 4.63. The largest absolute Gasteiger partial charge is 0.306 e. The molecule has 0 aromatic carbocycles. The summed E-state index contributed by atoms with van der Waals surface area (Å²) in [5.74, 6) is 0. The first-order valence-electron chi connectivity index (χ1n) is 8.78. The number of aryl methyl sites for hydroxylation is 1. The number of aromatic nitrogens is 2. The van der Waals surface area contributed by atoms with E-state index in [2.05, 4.69) is 55.1 Å². The molecular formula is C18H35N3. The molecule has 0 aliphatic rings. The van der Waals surface area contributed by atoms with Crippen LogP contribution in [-0.4, -0.2) is 15.3 Å². The first kappa shape index (κ1) is 18.2. The minimum Gasteiger partial charge on any atom is -0.306 e. The highest BCUT2D eigenvalue weighted by Gasteiger charge is 2.09. The Bertz CT molecular complexity index is 363. The Morgan fingerprint density at radius 1 is 1.00 bits per heavy atom. The van der Waals surface area contributed by atoms with Gasteiger partial charge in [0.1, 0.15) is 0 Å². The molecule has 1 N–H and O–H groups in total. The standard InChI is InChI=1S/C18H35N3/c1-5-6-7-8-9-10-11-12-14-21-15-13-17(20-21)16-19-18(2,3)4/h13,15,19H,5-12,14,16H2,1-4H3. The number of rotatable bonds is 11. The van der Waals surface area contributed by atoms with Crippen LogP contribution in [-0.2, 0) is 13.1 Å². The van der Waals surface area contributed by atoms with Gasteiger partial charge in [0.05, 0.1) is 5.69 Å². The third-order valence-electron chi connectivity index (χ3n) is 3.74. The second kappa shape index (κ2) is 9.99. The monoisotopic (exact) mass is 293 g/mol. The van der Waals surface area contributed by atoms with Gasteiger partial charge in [0.2, 0.25) is 0 Å². The maximum Gasteiger partial charge on any atom is 0.0762 e. The molecule has 1 rings (SSSR count). The van der Waals surface area contributed by atoms with Gasteiger partial charge in [-0.15, -0.1) is 0 Å². The molecular weight excluding hydrogens is 258 g/mol. The molecule has 1 heterocycles. The van der Waals surface area contributed by atoms with Crippen LogP contribution in [0.25, 0.3) is 0 Å². The first-order chi connectivity index (χ1) is 10.0. The fourth-order valence-electron chi connectivity index (χ4n) is 2.39. The Morgan fingerprint density at radius 3 is 2.24 bits per heavy atom. The van der Waals surface area contributed by atoms with Crippen molar-refractivity contribution in [2.75, 3.05) is 0 Å². The van der Waals surface area contributed by atoms with Crippen molar-refractivity contribution < 1.29 is 0 Å². The van der Waals surface area contributed by atoms with Gasteiger partial charge in [-0.1, -0.05) is 51.9 Å². The highest BCUT2D eigenvalue weighted by atomic mass is 15.3. The average Bonchev–Trinajstić information content (AvgIpc) is 2.87. The third kappa shape index (κ3) is 9.67. The van der Waals surface area contributed by atoms with Gasteiger partial charge >= 0.3 is 0 Å². The van der Waals surface area contributed by atoms with E-state index in [4.69, 9.17) is 0 Å². The number of nitrogens with one attached hydrogen (secondary N) is 1. The molecule has 0 radical (unpaired) electrons. The normalized spacial score (nSPS) is 12.0. The SMILES string of the molecule is CCCCCCCCCCn1ccc(CNC(C)(C)C)n1. The van der Waals surface area contributed by atoms with Crippen LogP contribution in [0.15, 0.2) is 12.3 Å². The van der Waals surface area contributed by atoms with E-state index in [9.17, 15) is 0 Å². The van der Waals surface area contributed by atoms with Crippen LogP contribution in [0.4, 0.5) is 0 Å². The van der Waals surface area contributed by atoms with Gasteiger partial charge in [0, 0.05) is 24.8 Å². The molecule has 1 aromatic rings. The Hall–Kier alpha value is -0.830. The molecule has 0 aliphatic carbocycles. The van der Waals surface area contributed by atoms with Crippen molar-refractivity contribution in [1.29, 1.82) is 0 Å². The van der Waals surface area contributed by atoms with Crippen LogP contribution < -0.4 is 5.32 Å². The molecule has 122 valence electrons. The summed E-state index contributed by atoms with van der Waals surface area (Å²) in [4.78, 5) is 0.